The lowest BCUT2D eigenvalue weighted by molar-refractivity contribution is -0.130. The number of hydrazine groups is 1. The van der Waals surface area contributed by atoms with Crippen LogP contribution >= 0.6 is 0 Å². The molecule has 0 saturated heterocycles. The van der Waals surface area contributed by atoms with Crippen molar-refractivity contribution in [2.24, 2.45) is 11.6 Å². The van der Waals surface area contributed by atoms with Crippen molar-refractivity contribution in [1.82, 2.24) is 9.91 Å². The van der Waals surface area contributed by atoms with Crippen molar-refractivity contribution in [2.75, 3.05) is 25.0 Å². The fraction of sp³-hybridized carbons (Fsp3) is 0.370. The molecule has 1 amide bonds. The number of rotatable bonds is 4. The van der Waals surface area contributed by atoms with E-state index in [-0.39, 0.29) is 11.9 Å². The molecule has 1 atom stereocenters. The van der Waals surface area contributed by atoms with Gasteiger partial charge < -0.3 is 21.0 Å². The highest BCUT2D eigenvalue weighted by Crippen LogP contribution is 2.37. The summed E-state index contributed by atoms with van der Waals surface area (Å²) in [6.07, 6.45) is 4.47. The molecule has 0 radical (unpaired) electrons. The van der Waals surface area contributed by atoms with Crippen LogP contribution in [0.15, 0.2) is 54.2 Å². The zero-order valence-electron chi connectivity index (χ0n) is 19.9. The van der Waals surface area contributed by atoms with E-state index in [1.165, 1.54) is 22.3 Å². The summed E-state index contributed by atoms with van der Waals surface area (Å²) in [7, 11) is 0. The molecule has 2 aliphatic rings. The van der Waals surface area contributed by atoms with Crippen molar-refractivity contribution in [2.45, 2.75) is 46.1 Å². The summed E-state index contributed by atoms with van der Waals surface area (Å²) in [4.78, 5) is 14.0. The van der Waals surface area contributed by atoms with Gasteiger partial charge in [-0.2, -0.15) is 0 Å². The van der Waals surface area contributed by atoms with Crippen LogP contribution in [-0.2, 0) is 4.79 Å². The third kappa shape index (κ3) is 4.91. The Balaban J connectivity index is 1.73. The zero-order chi connectivity index (χ0) is 23.5. The van der Waals surface area contributed by atoms with Crippen LogP contribution in [0.25, 0.3) is 11.3 Å². The first-order valence-electron chi connectivity index (χ1n) is 11.8. The van der Waals surface area contributed by atoms with Crippen LogP contribution in [0.2, 0.25) is 0 Å². The van der Waals surface area contributed by atoms with E-state index in [9.17, 15) is 4.79 Å². The molecular formula is C27H35N5O. The van der Waals surface area contributed by atoms with E-state index in [2.05, 4.69) is 60.8 Å². The van der Waals surface area contributed by atoms with Crippen molar-refractivity contribution >= 4 is 22.9 Å². The Morgan fingerprint density at radius 1 is 1.18 bits per heavy atom. The average Bonchev–Trinajstić information content (AvgIpc) is 2.94. The Bertz CT molecular complexity index is 1100. The van der Waals surface area contributed by atoms with Crippen LogP contribution in [0.1, 0.15) is 61.4 Å². The normalized spacial score (nSPS) is 20.0. The van der Waals surface area contributed by atoms with E-state index in [4.69, 9.17) is 11.6 Å². The smallest absolute Gasteiger partial charge is 0.222 e. The number of nitrogens with zero attached hydrogens (tertiary/aromatic N) is 2. The first-order chi connectivity index (χ1) is 15.9. The third-order valence-corrected chi connectivity index (χ3v) is 6.60. The van der Waals surface area contributed by atoms with E-state index in [0.29, 0.717) is 25.2 Å². The lowest BCUT2D eigenvalue weighted by Gasteiger charge is -2.27. The minimum atomic E-state index is 0.104. The quantitative estimate of drug-likeness (QED) is 0.607. The Morgan fingerprint density at radius 3 is 2.67 bits per heavy atom. The van der Waals surface area contributed by atoms with Gasteiger partial charge in [0, 0.05) is 43.0 Å². The van der Waals surface area contributed by atoms with Crippen LogP contribution in [0.5, 0.6) is 0 Å². The topological polar surface area (TPSA) is 87.6 Å². The number of fused-ring (bicyclic) bond motifs is 1. The Labute approximate surface area is 196 Å². The fourth-order valence-electron chi connectivity index (χ4n) is 4.86. The number of allylic oxidation sites excluding steroid dienone is 1. The number of hydrogen-bond donors (Lipinski definition) is 3. The maximum Gasteiger partial charge on any atom is 0.222 e. The Kier molecular flexibility index (Phi) is 6.75. The minimum absolute atomic E-state index is 0.104. The van der Waals surface area contributed by atoms with Gasteiger partial charge in [-0.15, -0.1) is 0 Å². The number of anilines is 1. The van der Waals surface area contributed by atoms with Gasteiger partial charge in [-0.1, -0.05) is 37.3 Å². The molecule has 2 aliphatic heterocycles. The number of carbonyl (C=O) groups excluding carboxylic acids is 1. The van der Waals surface area contributed by atoms with E-state index in [1.54, 1.807) is 5.01 Å². The molecule has 0 saturated carbocycles. The molecule has 0 bridgehead atoms. The van der Waals surface area contributed by atoms with Crippen LogP contribution in [0, 0.1) is 6.92 Å². The summed E-state index contributed by atoms with van der Waals surface area (Å²) in [6.45, 7) is 8.07. The summed E-state index contributed by atoms with van der Waals surface area (Å²) in [5.74, 6) is 6.64. The predicted molar refractivity (Wildman–Crippen MR) is 136 cm³/mol. The molecule has 5 N–H and O–H groups in total. The summed E-state index contributed by atoms with van der Waals surface area (Å²) >= 11 is 0. The SMILES string of the molecule is CCC(=O)N1CC=C(c2ccc3c(c2)C(Nc2cccc(C)c2)CCN(N)/C3=C(/C)N)CC1. The molecule has 0 fully saturated rings. The van der Waals surface area contributed by atoms with Gasteiger partial charge in [0.05, 0.1) is 11.7 Å². The molecule has 2 heterocycles. The van der Waals surface area contributed by atoms with Crippen LogP contribution in [0.4, 0.5) is 5.69 Å². The second-order valence-electron chi connectivity index (χ2n) is 9.05. The number of aryl methyl sites for hydroxylation is 1. The number of benzene rings is 2. The van der Waals surface area contributed by atoms with Crippen LogP contribution in [-0.4, -0.2) is 35.5 Å². The fourth-order valence-corrected chi connectivity index (χ4v) is 4.86. The number of hydrogen-bond acceptors (Lipinski definition) is 5. The number of amides is 1. The largest absolute Gasteiger partial charge is 0.401 e. The van der Waals surface area contributed by atoms with Crippen LogP contribution < -0.4 is 16.9 Å². The highest BCUT2D eigenvalue weighted by Gasteiger charge is 2.27. The summed E-state index contributed by atoms with van der Waals surface area (Å²) in [6, 6.07) is 15.2. The molecule has 6 nitrogen and oxygen atoms in total. The molecular weight excluding hydrogens is 410 g/mol. The first kappa shape index (κ1) is 22.9. The molecule has 1 unspecified atom stereocenters. The van der Waals surface area contributed by atoms with Crippen molar-refractivity contribution in [1.29, 1.82) is 0 Å². The first-order valence-corrected chi connectivity index (χ1v) is 11.8. The van der Waals surface area contributed by atoms with Gasteiger partial charge >= 0.3 is 0 Å². The second kappa shape index (κ2) is 9.71. The van der Waals surface area contributed by atoms with E-state index < -0.39 is 0 Å². The van der Waals surface area contributed by atoms with Crippen molar-refractivity contribution in [3.63, 3.8) is 0 Å². The van der Waals surface area contributed by atoms with Gasteiger partial charge in [0.15, 0.2) is 0 Å². The Morgan fingerprint density at radius 2 is 2.00 bits per heavy atom. The van der Waals surface area contributed by atoms with E-state index >= 15 is 0 Å². The van der Waals surface area contributed by atoms with E-state index in [0.717, 1.165) is 36.3 Å². The summed E-state index contributed by atoms with van der Waals surface area (Å²) < 4.78 is 0. The molecule has 0 aromatic heterocycles. The standard InChI is InChI=1S/C27H35N5O/c1-4-26(33)31-13-10-20(11-14-31)21-8-9-23-24(17-21)25(12-15-32(29)27(23)19(3)28)30-22-7-5-6-18(2)16-22/h5-10,16-17,25,30H,4,11-15,28-29H2,1-3H3/b27-19-. The summed E-state index contributed by atoms with van der Waals surface area (Å²) in [5.41, 5.74) is 15.0. The average molecular weight is 446 g/mol. The molecule has 33 heavy (non-hydrogen) atoms. The second-order valence-corrected chi connectivity index (χ2v) is 9.05. The monoisotopic (exact) mass is 445 g/mol. The van der Waals surface area contributed by atoms with Gasteiger partial charge in [-0.25, -0.2) is 5.84 Å². The van der Waals surface area contributed by atoms with E-state index in [1.807, 2.05) is 18.7 Å². The highest BCUT2D eigenvalue weighted by molar-refractivity contribution is 5.79. The summed E-state index contributed by atoms with van der Waals surface area (Å²) in [5, 5.41) is 5.52. The molecule has 6 heteroatoms. The van der Waals surface area contributed by atoms with Crippen molar-refractivity contribution < 1.29 is 4.79 Å². The maximum atomic E-state index is 12.1. The predicted octanol–water partition coefficient (Wildman–Crippen LogP) is 4.40. The zero-order valence-corrected chi connectivity index (χ0v) is 19.9. The highest BCUT2D eigenvalue weighted by atomic mass is 16.2. The molecule has 2 aromatic carbocycles. The van der Waals surface area contributed by atoms with Gasteiger partial charge in [0.2, 0.25) is 5.91 Å². The number of carbonyl (C=O) groups is 1. The minimum Gasteiger partial charge on any atom is -0.401 e. The van der Waals surface area contributed by atoms with Gasteiger partial charge in [0.1, 0.15) is 0 Å². The van der Waals surface area contributed by atoms with Gasteiger partial charge in [0.25, 0.3) is 0 Å². The molecule has 0 spiro atoms. The molecule has 174 valence electrons. The van der Waals surface area contributed by atoms with Gasteiger partial charge in [-0.3, -0.25) is 4.79 Å². The van der Waals surface area contributed by atoms with Crippen molar-refractivity contribution in [3.05, 3.63) is 76.5 Å². The third-order valence-electron chi connectivity index (χ3n) is 6.60. The molecule has 0 aliphatic carbocycles. The van der Waals surface area contributed by atoms with Gasteiger partial charge in [-0.05, 0) is 67.2 Å². The maximum absolute atomic E-state index is 12.1. The lowest BCUT2D eigenvalue weighted by atomic mass is 9.90. The molecule has 2 aromatic rings. The number of nitrogens with two attached hydrogens (primary N) is 2. The lowest BCUT2D eigenvalue weighted by Crippen LogP contribution is -2.34. The van der Waals surface area contributed by atoms with Crippen molar-refractivity contribution in [3.8, 4) is 0 Å². The Hall–Kier alpha value is -3.25. The van der Waals surface area contributed by atoms with Crippen LogP contribution in [0.3, 0.4) is 0 Å². The molecule has 4 rings (SSSR count). The number of nitrogens with one attached hydrogen (secondary N) is 1.